The van der Waals surface area contributed by atoms with E-state index in [1.807, 2.05) is 12.1 Å². The average molecular weight is 597 g/mol. The van der Waals surface area contributed by atoms with Gasteiger partial charge in [0.25, 0.3) is 15.9 Å². The van der Waals surface area contributed by atoms with Crippen LogP contribution in [-0.4, -0.2) is 44.7 Å². The lowest BCUT2D eigenvalue weighted by molar-refractivity contribution is -0.121. The number of carbonyl (C=O) groups is 1. The Balaban J connectivity index is 1.71. The molecule has 1 saturated heterocycles. The van der Waals surface area contributed by atoms with Crippen LogP contribution in [0.1, 0.15) is 57.4 Å². The molecule has 0 bridgehead atoms. The van der Waals surface area contributed by atoms with E-state index in [4.69, 9.17) is 21.1 Å². The summed E-state index contributed by atoms with van der Waals surface area (Å²) in [6.07, 6.45) is 11.6. The van der Waals surface area contributed by atoms with Gasteiger partial charge < -0.3 is 9.47 Å². The Kier molecular flexibility index (Phi) is 11.8. The molecule has 38 heavy (non-hydrogen) atoms. The van der Waals surface area contributed by atoms with Gasteiger partial charge in [-0.2, -0.15) is 8.42 Å². The number of methoxy groups -OCH3 is 1. The van der Waals surface area contributed by atoms with Gasteiger partial charge in [0, 0.05) is 6.54 Å². The molecule has 11 heteroatoms. The number of rotatable bonds is 15. The molecule has 1 aliphatic heterocycles. The van der Waals surface area contributed by atoms with Crippen LogP contribution in [0.5, 0.6) is 11.5 Å². The van der Waals surface area contributed by atoms with Crippen molar-refractivity contribution in [3.05, 3.63) is 57.8 Å². The summed E-state index contributed by atoms with van der Waals surface area (Å²) in [4.78, 5) is 14.7. The number of thioether (sulfide) groups is 1. The third-order valence-corrected chi connectivity index (χ3v) is 9.78. The van der Waals surface area contributed by atoms with E-state index in [-0.39, 0.29) is 21.8 Å². The fourth-order valence-corrected chi connectivity index (χ4v) is 7.39. The number of amidine groups is 1. The van der Waals surface area contributed by atoms with E-state index < -0.39 is 10.0 Å². The van der Waals surface area contributed by atoms with E-state index in [2.05, 4.69) is 17.9 Å². The van der Waals surface area contributed by atoms with Crippen LogP contribution in [0.2, 0.25) is 4.34 Å². The highest BCUT2D eigenvalue weighted by Crippen LogP contribution is 2.36. The Morgan fingerprint density at radius 2 is 1.82 bits per heavy atom. The van der Waals surface area contributed by atoms with Crippen LogP contribution in [0.4, 0.5) is 0 Å². The summed E-state index contributed by atoms with van der Waals surface area (Å²) in [5.41, 5.74) is 0.716. The monoisotopic (exact) mass is 596 g/mol. The molecule has 1 amide bonds. The van der Waals surface area contributed by atoms with Crippen molar-refractivity contribution in [3.8, 4) is 11.5 Å². The summed E-state index contributed by atoms with van der Waals surface area (Å²) < 4.78 is 41.3. The number of amides is 1. The number of carbonyl (C=O) groups excluding carboxylic acids is 1. The van der Waals surface area contributed by atoms with E-state index in [1.54, 1.807) is 19.3 Å². The molecule has 0 N–H and O–H groups in total. The molecule has 0 saturated carbocycles. The van der Waals surface area contributed by atoms with Crippen molar-refractivity contribution < 1.29 is 22.7 Å². The lowest BCUT2D eigenvalue weighted by Gasteiger charge is -2.12. The molecule has 2 aromatic rings. The van der Waals surface area contributed by atoms with E-state index in [0.29, 0.717) is 32.9 Å². The Morgan fingerprint density at radius 1 is 1.08 bits per heavy atom. The Hall–Kier alpha value is -2.27. The maximum absolute atomic E-state index is 13.1. The maximum atomic E-state index is 13.1. The Labute approximate surface area is 238 Å². The number of halogens is 1. The summed E-state index contributed by atoms with van der Waals surface area (Å²) in [6, 6.07) is 8.33. The van der Waals surface area contributed by atoms with Crippen molar-refractivity contribution >= 4 is 61.9 Å². The molecule has 0 unspecified atom stereocenters. The molecule has 1 aliphatic rings. The molecular formula is C27H33ClN2O5S3. The average Bonchev–Trinajstić information content (AvgIpc) is 3.45. The predicted molar refractivity (Wildman–Crippen MR) is 158 cm³/mol. The molecule has 3 rings (SSSR count). The van der Waals surface area contributed by atoms with Gasteiger partial charge in [0.1, 0.15) is 4.21 Å². The van der Waals surface area contributed by atoms with Crippen LogP contribution < -0.4 is 9.47 Å². The van der Waals surface area contributed by atoms with E-state index in [0.717, 1.165) is 35.9 Å². The second-order valence-electron chi connectivity index (χ2n) is 8.60. The van der Waals surface area contributed by atoms with Crippen molar-refractivity contribution in [2.45, 2.75) is 56.1 Å². The van der Waals surface area contributed by atoms with E-state index in [9.17, 15) is 13.2 Å². The zero-order chi connectivity index (χ0) is 27.5. The van der Waals surface area contributed by atoms with Crippen molar-refractivity contribution in [1.82, 2.24) is 4.90 Å². The Bertz CT molecular complexity index is 1290. The lowest BCUT2D eigenvalue weighted by atomic mass is 10.1. The highest BCUT2D eigenvalue weighted by Gasteiger charge is 2.34. The van der Waals surface area contributed by atoms with Gasteiger partial charge in [-0.1, -0.05) is 69.2 Å². The van der Waals surface area contributed by atoms with Gasteiger partial charge in [-0.15, -0.1) is 22.3 Å². The van der Waals surface area contributed by atoms with Crippen molar-refractivity contribution in [3.63, 3.8) is 0 Å². The normalized spacial score (nSPS) is 16.0. The molecule has 1 fully saturated rings. The first-order valence-electron chi connectivity index (χ1n) is 12.5. The third kappa shape index (κ3) is 8.36. The number of hydrogen-bond acceptors (Lipinski definition) is 7. The number of benzene rings is 1. The van der Waals surface area contributed by atoms with Gasteiger partial charge in [0.05, 0.1) is 23.0 Å². The summed E-state index contributed by atoms with van der Waals surface area (Å²) in [7, 11) is -2.45. The van der Waals surface area contributed by atoms with Gasteiger partial charge in [-0.05, 0) is 54.1 Å². The first kappa shape index (κ1) is 30.3. The molecule has 0 radical (unpaired) electrons. The lowest BCUT2D eigenvalue weighted by Crippen LogP contribution is -2.29. The van der Waals surface area contributed by atoms with Gasteiger partial charge in [0.2, 0.25) is 0 Å². The molecular weight excluding hydrogens is 564 g/mol. The molecule has 1 aromatic carbocycles. The fourth-order valence-electron chi connectivity index (χ4n) is 3.74. The van der Waals surface area contributed by atoms with E-state index >= 15 is 0 Å². The summed E-state index contributed by atoms with van der Waals surface area (Å²) in [6.45, 7) is 6.62. The van der Waals surface area contributed by atoms with E-state index in [1.165, 1.54) is 55.2 Å². The van der Waals surface area contributed by atoms with Gasteiger partial charge in [-0.3, -0.25) is 9.69 Å². The van der Waals surface area contributed by atoms with Crippen LogP contribution in [0.15, 0.2) is 56.5 Å². The van der Waals surface area contributed by atoms with Crippen LogP contribution in [-0.2, 0) is 14.8 Å². The Morgan fingerprint density at radius 3 is 2.47 bits per heavy atom. The number of thiophene rings is 1. The summed E-state index contributed by atoms with van der Waals surface area (Å²) >= 11 is 7.80. The molecule has 1 aromatic heterocycles. The van der Waals surface area contributed by atoms with Gasteiger partial charge in [0.15, 0.2) is 16.7 Å². The van der Waals surface area contributed by atoms with Crippen molar-refractivity contribution in [2.75, 3.05) is 20.3 Å². The van der Waals surface area contributed by atoms with Crippen molar-refractivity contribution in [2.24, 2.45) is 4.40 Å². The number of sulfonamides is 1. The number of unbranched alkanes of at least 4 members (excludes halogenated alkanes) is 6. The largest absolute Gasteiger partial charge is 0.493 e. The standard InChI is InChI=1S/C27H33ClN2O5S3/c1-4-6-7-8-9-10-11-17-35-21-13-12-20(18-22(21)34-3)19-23-26(31)30(16-5-2)27(36-23)29-38(32,33)25-15-14-24(28)37-25/h5,12-15,18-19H,2,4,6-11,16-17H2,1,3H3/b23-19-,29-27?. The number of nitrogens with zero attached hydrogens (tertiary/aromatic N) is 2. The number of ether oxygens (including phenoxy) is 2. The summed E-state index contributed by atoms with van der Waals surface area (Å²) in [5.74, 6) is 0.847. The fraction of sp³-hybridized carbons (Fsp3) is 0.407. The molecule has 0 aliphatic carbocycles. The quantitative estimate of drug-likeness (QED) is 0.121. The van der Waals surface area contributed by atoms with Crippen LogP contribution in [0, 0.1) is 0 Å². The van der Waals surface area contributed by atoms with Crippen LogP contribution >= 0.6 is 34.7 Å². The SMILES string of the molecule is C=CCN1C(=O)/C(=C/c2ccc(OCCCCCCCCC)c(OC)c2)SC1=NS(=O)(=O)c1ccc(Cl)s1. The summed E-state index contributed by atoms with van der Waals surface area (Å²) in [5, 5.41) is 0.0623. The smallest absolute Gasteiger partial charge is 0.294 e. The maximum Gasteiger partial charge on any atom is 0.294 e. The minimum absolute atomic E-state index is 0.0100. The highest BCUT2D eigenvalue weighted by atomic mass is 35.5. The minimum atomic E-state index is -4.02. The van der Waals surface area contributed by atoms with Crippen LogP contribution in [0.25, 0.3) is 6.08 Å². The third-order valence-electron chi connectivity index (χ3n) is 5.69. The zero-order valence-corrected chi connectivity index (χ0v) is 24.9. The van der Waals surface area contributed by atoms with Gasteiger partial charge >= 0.3 is 0 Å². The van der Waals surface area contributed by atoms with Gasteiger partial charge in [-0.25, -0.2) is 0 Å². The predicted octanol–water partition coefficient (Wildman–Crippen LogP) is 7.39. The second-order valence-corrected chi connectivity index (χ2v) is 13.2. The topological polar surface area (TPSA) is 85.3 Å². The first-order chi connectivity index (χ1) is 18.3. The zero-order valence-electron chi connectivity index (χ0n) is 21.7. The molecule has 0 atom stereocenters. The first-order valence-corrected chi connectivity index (χ1v) is 16.0. The second kappa shape index (κ2) is 14.8. The minimum Gasteiger partial charge on any atom is -0.493 e. The molecule has 0 spiro atoms. The highest BCUT2D eigenvalue weighted by molar-refractivity contribution is 8.19. The van der Waals surface area contributed by atoms with Crippen LogP contribution in [0.3, 0.4) is 0 Å². The number of hydrogen-bond donors (Lipinski definition) is 0. The van der Waals surface area contributed by atoms with Crippen molar-refractivity contribution in [1.29, 1.82) is 0 Å². The molecule has 206 valence electrons. The molecule has 2 heterocycles. The molecule has 7 nitrogen and oxygen atoms in total.